The summed E-state index contributed by atoms with van der Waals surface area (Å²) in [6.07, 6.45) is 1.79. The van der Waals surface area contributed by atoms with Gasteiger partial charge < -0.3 is 15.4 Å². The molecule has 0 fully saturated rings. The van der Waals surface area contributed by atoms with Crippen molar-refractivity contribution in [1.29, 1.82) is 0 Å². The molecule has 0 amide bonds. The quantitative estimate of drug-likeness (QED) is 0.521. The predicted molar refractivity (Wildman–Crippen MR) is 81.0 cm³/mol. The molecule has 0 atom stereocenters. The highest BCUT2D eigenvalue weighted by molar-refractivity contribution is 7.85. The van der Waals surface area contributed by atoms with Crippen molar-refractivity contribution in [2.45, 2.75) is 4.90 Å². The number of phenols is 1. The number of para-hydroxylation sites is 1. The molecule has 6 nitrogen and oxygen atoms in total. The van der Waals surface area contributed by atoms with Crippen LogP contribution in [-0.4, -0.2) is 18.1 Å². The fourth-order valence-electron chi connectivity index (χ4n) is 1.77. The third-order valence-electron chi connectivity index (χ3n) is 2.84. The van der Waals surface area contributed by atoms with Crippen LogP contribution in [0.15, 0.2) is 65.7 Å². The first-order valence-electron chi connectivity index (χ1n) is 6.28. The lowest BCUT2D eigenvalue weighted by atomic mass is 10.2. The molecule has 4 N–H and O–H groups in total. The van der Waals surface area contributed by atoms with Gasteiger partial charge in [-0.05, 0) is 42.5 Å². The zero-order valence-corrected chi connectivity index (χ0v) is 12.2. The van der Waals surface area contributed by atoms with E-state index >= 15 is 0 Å². The second-order valence-electron chi connectivity index (χ2n) is 4.43. The maximum atomic E-state index is 10.3. The molecule has 0 radical (unpaired) electrons. The monoisotopic (exact) mass is 318 g/mol. The number of benzene rings is 2. The lowest BCUT2D eigenvalue weighted by Gasteiger charge is -2.05. The number of rotatable bonds is 1. The van der Waals surface area contributed by atoms with Crippen LogP contribution in [-0.2, 0) is 10.1 Å². The highest BCUT2D eigenvalue weighted by Gasteiger charge is 2.02. The van der Waals surface area contributed by atoms with Gasteiger partial charge in [0.05, 0.1) is 10.3 Å². The van der Waals surface area contributed by atoms with Gasteiger partial charge in [0.2, 0.25) is 0 Å². The third-order valence-corrected chi connectivity index (χ3v) is 3.69. The molecule has 2 aromatic carbocycles. The van der Waals surface area contributed by atoms with Crippen LogP contribution in [0.4, 0.5) is 5.69 Å². The second-order valence-corrected chi connectivity index (χ2v) is 5.81. The Kier molecular flexibility index (Phi) is 4.59. The number of nitrogen functional groups attached to an aromatic ring is 1. The van der Waals surface area contributed by atoms with E-state index in [9.17, 15) is 18.1 Å². The largest absolute Gasteiger partial charge is 0.744 e. The van der Waals surface area contributed by atoms with Gasteiger partial charge in [0.25, 0.3) is 5.52 Å². The van der Waals surface area contributed by atoms with Crippen LogP contribution in [0.2, 0.25) is 0 Å². The molecule has 0 saturated carbocycles. The van der Waals surface area contributed by atoms with Crippen LogP contribution >= 0.6 is 0 Å². The minimum atomic E-state index is -4.33. The molecule has 0 aliphatic rings. The molecule has 0 bridgehead atoms. The molecule has 0 spiro atoms. The molecular weight excluding hydrogens is 304 g/mol. The number of aromatic amines is 1. The highest BCUT2D eigenvalue weighted by Crippen LogP contribution is 2.18. The Morgan fingerprint density at radius 2 is 1.64 bits per heavy atom. The molecule has 7 heteroatoms. The number of hydrogen-bond acceptors (Lipinski definition) is 5. The van der Waals surface area contributed by atoms with Crippen LogP contribution < -0.4 is 10.7 Å². The van der Waals surface area contributed by atoms with Gasteiger partial charge in [-0.15, -0.1) is 0 Å². The van der Waals surface area contributed by atoms with Crippen LogP contribution in [0.5, 0.6) is 5.75 Å². The molecule has 1 heterocycles. The fourth-order valence-corrected chi connectivity index (χ4v) is 2.24. The van der Waals surface area contributed by atoms with Crippen LogP contribution in [0.25, 0.3) is 10.9 Å². The molecule has 3 aromatic rings. The smallest absolute Gasteiger partial charge is 0.252 e. The van der Waals surface area contributed by atoms with Gasteiger partial charge in [-0.1, -0.05) is 6.07 Å². The Labute approximate surface area is 127 Å². The first-order chi connectivity index (χ1) is 10.4. The predicted octanol–water partition coefficient (Wildman–Crippen LogP) is 1.53. The Morgan fingerprint density at radius 1 is 1.00 bits per heavy atom. The van der Waals surface area contributed by atoms with Crippen molar-refractivity contribution < 1.29 is 23.1 Å². The number of nitrogens with one attached hydrogen (secondary N) is 1. The molecule has 0 saturated heterocycles. The van der Waals surface area contributed by atoms with Crippen LogP contribution in [0.1, 0.15) is 0 Å². The Morgan fingerprint density at radius 3 is 2.23 bits per heavy atom. The summed E-state index contributed by atoms with van der Waals surface area (Å²) in [6, 6.07) is 14.4. The van der Waals surface area contributed by atoms with Crippen molar-refractivity contribution in [3.8, 4) is 5.75 Å². The normalized spacial score (nSPS) is 10.8. The zero-order chi connectivity index (χ0) is 16.2. The molecule has 1 aromatic heterocycles. The van der Waals surface area contributed by atoms with E-state index in [4.69, 9.17) is 5.73 Å². The standard InChI is InChI=1S/C9H7NO.C6H7NO3S/c11-8-5-1-3-7-4-2-6-10-9(7)8;7-5-1-3-6(4-2-5)11(8,9)10/h1-6,11H;1-4H,7H2,(H,8,9,10). The minimum Gasteiger partial charge on any atom is -0.744 e. The molecule has 22 heavy (non-hydrogen) atoms. The van der Waals surface area contributed by atoms with Gasteiger partial charge in [-0.25, -0.2) is 13.4 Å². The van der Waals surface area contributed by atoms with E-state index in [1.165, 1.54) is 24.3 Å². The van der Waals surface area contributed by atoms with Crippen molar-refractivity contribution in [2.75, 3.05) is 5.73 Å². The van der Waals surface area contributed by atoms with Crippen molar-refractivity contribution in [3.05, 3.63) is 60.8 Å². The van der Waals surface area contributed by atoms with E-state index in [0.717, 1.165) is 10.9 Å². The van der Waals surface area contributed by atoms with Gasteiger partial charge in [0.1, 0.15) is 10.1 Å². The molecular formula is C15H14N2O4S. The number of H-pyrrole nitrogens is 1. The van der Waals surface area contributed by atoms with Gasteiger partial charge in [-0.3, -0.25) is 0 Å². The number of hydrogen-bond donors (Lipinski definition) is 2. The van der Waals surface area contributed by atoms with E-state index in [0.29, 0.717) is 11.4 Å². The van der Waals surface area contributed by atoms with E-state index in [2.05, 4.69) is 4.98 Å². The summed E-state index contributed by atoms with van der Waals surface area (Å²) in [5.41, 5.74) is 6.49. The van der Waals surface area contributed by atoms with Crippen molar-refractivity contribution in [2.24, 2.45) is 0 Å². The Balaban J connectivity index is 0.000000160. The summed E-state index contributed by atoms with van der Waals surface area (Å²) in [4.78, 5) is 2.71. The van der Waals surface area contributed by atoms with E-state index in [1.54, 1.807) is 12.3 Å². The first-order valence-corrected chi connectivity index (χ1v) is 7.68. The Bertz CT molecular complexity index is 872. The lowest BCUT2D eigenvalue weighted by molar-refractivity contribution is -0.345. The second kappa shape index (κ2) is 6.42. The number of nitrogens with two attached hydrogens (primary N) is 1. The van der Waals surface area contributed by atoms with E-state index in [-0.39, 0.29) is 4.90 Å². The maximum absolute atomic E-state index is 10.3. The van der Waals surface area contributed by atoms with Gasteiger partial charge in [-0.2, -0.15) is 0 Å². The third kappa shape index (κ3) is 3.94. The highest BCUT2D eigenvalue weighted by atomic mass is 32.2. The van der Waals surface area contributed by atoms with Crippen LogP contribution in [0, 0.1) is 0 Å². The fraction of sp³-hybridized carbons (Fsp3) is 0. The van der Waals surface area contributed by atoms with Crippen molar-refractivity contribution in [1.82, 2.24) is 0 Å². The number of phenolic OH excluding ortho intramolecular Hbond substituents is 1. The SMILES string of the molecule is Nc1ccc(S(=O)(=O)[O-])cc1.Oc1cccc2ccc[nH+]c12. The van der Waals surface area contributed by atoms with E-state index in [1.807, 2.05) is 24.3 Å². The summed E-state index contributed by atoms with van der Waals surface area (Å²) >= 11 is 0. The topological polar surface area (TPSA) is 118 Å². The number of aromatic nitrogens is 1. The molecule has 0 aliphatic carbocycles. The molecule has 3 rings (SSSR count). The van der Waals surface area contributed by atoms with Gasteiger partial charge in [0, 0.05) is 11.8 Å². The molecule has 0 unspecified atom stereocenters. The average molecular weight is 318 g/mol. The number of fused-ring (bicyclic) bond motifs is 1. The van der Waals surface area contributed by atoms with Crippen molar-refractivity contribution >= 4 is 26.7 Å². The number of aromatic hydroxyl groups is 1. The summed E-state index contributed by atoms with van der Waals surface area (Å²) in [7, 11) is -4.33. The van der Waals surface area contributed by atoms with E-state index < -0.39 is 10.1 Å². The molecule has 114 valence electrons. The lowest BCUT2D eigenvalue weighted by Crippen LogP contribution is -2.00. The first kappa shape index (κ1) is 15.7. The minimum absolute atomic E-state index is 0.258. The average Bonchev–Trinajstić information content (AvgIpc) is 2.48. The number of anilines is 1. The van der Waals surface area contributed by atoms with Crippen LogP contribution in [0.3, 0.4) is 0 Å². The molecule has 0 aliphatic heterocycles. The summed E-state index contributed by atoms with van der Waals surface area (Å²) in [5.74, 6) is 0.295. The summed E-state index contributed by atoms with van der Waals surface area (Å²) in [5, 5.41) is 10.4. The van der Waals surface area contributed by atoms with Gasteiger partial charge >= 0.3 is 0 Å². The zero-order valence-electron chi connectivity index (χ0n) is 11.4. The summed E-state index contributed by atoms with van der Waals surface area (Å²) < 4.78 is 31.0. The number of pyridine rings is 1. The maximum Gasteiger partial charge on any atom is 0.252 e. The summed E-state index contributed by atoms with van der Waals surface area (Å²) in [6.45, 7) is 0. The van der Waals surface area contributed by atoms with Gasteiger partial charge in [0.15, 0.2) is 11.9 Å². The van der Waals surface area contributed by atoms with Crippen molar-refractivity contribution in [3.63, 3.8) is 0 Å². The Hall–Kier alpha value is -2.64.